The van der Waals surface area contributed by atoms with Gasteiger partial charge in [-0.1, -0.05) is 12.1 Å². The average Bonchev–Trinajstić information content (AvgIpc) is 2.98. The first-order chi connectivity index (χ1) is 10.2. The highest BCUT2D eigenvalue weighted by Crippen LogP contribution is 2.31. The van der Waals surface area contributed by atoms with E-state index >= 15 is 0 Å². The molecule has 21 heavy (non-hydrogen) atoms. The van der Waals surface area contributed by atoms with Crippen molar-refractivity contribution in [2.45, 2.75) is 25.5 Å². The summed E-state index contributed by atoms with van der Waals surface area (Å²) in [4.78, 5) is 10.9. The summed E-state index contributed by atoms with van der Waals surface area (Å²) < 4.78 is 16.3. The molecule has 1 amide bonds. The zero-order valence-electron chi connectivity index (χ0n) is 12.3. The van der Waals surface area contributed by atoms with Gasteiger partial charge in [0.15, 0.2) is 18.1 Å². The van der Waals surface area contributed by atoms with Crippen LogP contribution in [-0.4, -0.2) is 38.9 Å². The molecule has 0 bridgehead atoms. The van der Waals surface area contributed by atoms with Crippen LogP contribution in [0.5, 0.6) is 11.5 Å². The second kappa shape index (κ2) is 7.85. The lowest BCUT2D eigenvalue weighted by atomic mass is 10.1. The summed E-state index contributed by atoms with van der Waals surface area (Å²) >= 11 is 0. The molecule has 2 rings (SSSR count). The van der Waals surface area contributed by atoms with Crippen molar-refractivity contribution in [3.63, 3.8) is 0 Å². The van der Waals surface area contributed by atoms with Gasteiger partial charge in [-0.05, 0) is 18.9 Å². The van der Waals surface area contributed by atoms with Crippen molar-refractivity contribution in [2.75, 3.05) is 26.9 Å². The van der Waals surface area contributed by atoms with Gasteiger partial charge in [-0.25, -0.2) is 0 Å². The normalized spacial score (nSPS) is 17.7. The third kappa shape index (κ3) is 4.61. The molecule has 0 aliphatic carbocycles. The van der Waals surface area contributed by atoms with Crippen molar-refractivity contribution in [3.8, 4) is 11.5 Å². The molecule has 6 heteroatoms. The zero-order valence-corrected chi connectivity index (χ0v) is 12.3. The number of carbonyl (C=O) groups is 1. The Morgan fingerprint density at radius 1 is 1.52 bits per heavy atom. The molecule has 0 radical (unpaired) electrons. The second-order valence-corrected chi connectivity index (χ2v) is 4.97. The van der Waals surface area contributed by atoms with Crippen LogP contribution in [0.3, 0.4) is 0 Å². The minimum atomic E-state index is -0.515. The van der Waals surface area contributed by atoms with Crippen molar-refractivity contribution >= 4 is 5.91 Å². The van der Waals surface area contributed by atoms with Gasteiger partial charge in [0.1, 0.15) is 0 Å². The number of nitrogens with two attached hydrogens (primary N) is 1. The summed E-state index contributed by atoms with van der Waals surface area (Å²) in [5.41, 5.74) is 6.05. The highest BCUT2D eigenvalue weighted by Gasteiger charge is 2.16. The molecule has 116 valence electrons. The van der Waals surface area contributed by atoms with Crippen molar-refractivity contribution < 1.29 is 19.0 Å². The first-order valence-corrected chi connectivity index (χ1v) is 7.10. The van der Waals surface area contributed by atoms with E-state index in [4.69, 9.17) is 19.9 Å². The fourth-order valence-corrected chi connectivity index (χ4v) is 2.34. The van der Waals surface area contributed by atoms with E-state index < -0.39 is 5.91 Å². The van der Waals surface area contributed by atoms with Gasteiger partial charge in [0.25, 0.3) is 5.91 Å². The topological polar surface area (TPSA) is 82.8 Å². The number of nitrogens with one attached hydrogen (secondary N) is 1. The Bertz CT molecular complexity index is 473. The Kier molecular flexibility index (Phi) is 5.83. The maximum Gasteiger partial charge on any atom is 0.255 e. The lowest BCUT2D eigenvalue weighted by Crippen LogP contribution is -2.26. The van der Waals surface area contributed by atoms with Gasteiger partial charge >= 0.3 is 0 Å². The van der Waals surface area contributed by atoms with Crippen molar-refractivity contribution in [1.82, 2.24) is 5.32 Å². The number of benzene rings is 1. The Morgan fingerprint density at radius 2 is 2.38 bits per heavy atom. The summed E-state index contributed by atoms with van der Waals surface area (Å²) in [5.74, 6) is 0.630. The molecule has 1 aromatic carbocycles. The van der Waals surface area contributed by atoms with Crippen LogP contribution in [0.4, 0.5) is 0 Å². The summed E-state index contributed by atoms with van der Waals surface area (Å²) in [6.45, 7) is 2.09. The molecule has 0 spiro atoms. The molecular formula is C15H22N2O4. The monoisotopic (exact) mass is 294 g/mol. The summed E-state index contributed by atoms with van der Waals surface area (Å²) in [5, 5.41) is 3.35. The number of primary amides is 1. The van der Waals surface area contributed by atoms with Crippen LogP contribution in [0.25, 0.3) is 0 Å². The SMILES string of the molecule is COc1cccc(CNC[C@@H]2CCCO2)c1OCC(N)=O. The summed E-state index contributed by atoms with van der Waals surface area (Å²) in [7, 11) is 1.57. The number of para-hydroxylation sites is 1. The van der Waals surface area contributed by atoms with Gasteiger partial charge < -0.3 is 25.3 Å². The molecule has 1 aliphatic heterocycles. The van der Waals surface area contributed by atoms with Crippen molar-refractivity contribution in [1.29, 1.82) is 0 Å². The molecule has 1 atom stereocenters. The van der Waals surface area contributed by atoms with Crippen LogP contribution in [0.15, 0.2) is 18.2 Å². The van der Waals surface area contributed by atoms with E-state index in [2.05, 4.69) is 5.32 Å². The smallest absolute Gasteiger partial charge is 0.255 e. The number of carbonyl (C=O) groups excluding carboxylic acids is 1. The number of hydrogen-bond donors (Lipinski definition) is 2. The van der Waals surface area contributed by atoms with E-state index in [1.54, 1.807) is 13.2 Å². The number of hydrogen-bond acceptors (Lipinski definition) is 5. The third-order valence-corrected chi connectivity index (χ3v) is 3.35. The van der Waals surface area contributed by atoms with Crippen molar-refractivity contribution in [2.24, 2.45) is 5.73 Å². The largest absolute Gasteiger partial charge is 0.493 e. The van der Waals surface area contributed by atoms with E-state index in [1.165, 1.54) is 0 Å². The number of amides is 1. The number of rotatable bonds is 8. The van der Waals surface area contributed by atoms with E-state index in [-0.39, 0.29) is 12.7 Å². The molecule has 6 nitrogen and oxygen atoms in total. The third-order valence-electron chi connectivity index (χ3n) is 3.35. The molecule has 1 fully saturated rings. The van der Waals surface area contributed by atoms with Gasteiger partial charge in [-0.15, -0.1) is 0 Å². The summed E-state index contributed by atoms with van der Waals surface area (Å²) in [6.07, 6.45) is 2.50. The van der Waals surface area contributed by atoms with Crippen LogP contribution in [0.2, 0.25) is 0 Å². The molecule has 3 N–H and O–H groups in total. The molecule has 1 aliphatic rings. The lowest BCUT2D eigenvalue weighted by molar-refractivity contribution is -0.119. The molecule has 1 aromatic rings. The van der Waals surface area contributed by atoms with Gasteiger partial charge in [-0.3, -0.25) is 4.79 Å². The molecule has 0 unspecified atom stereocenters. The Labute approximate surface area is 124 Å². The Morgan fingerprint density at radius 3 is 3.05 bits per heavy atom. The fraction of sp³-hybridized carbons (Fsp3) is 0.533. The highest BCUT2D eigenvalue weighted by molar-refractivity contribution is 5.75. The van der Waals surface area contributed by atoms with E-state index in [0.29, 0.717) is 18.0 Å². The zero-order chi connectivity index (χ0) is 15.1. The molecule has 0 saturated carbocycles. The van der Waals surface area contributed by atoms with E-state index in [0.717, 1.165) is 31.6 Å². The predicted octanol–water partition coefficient (Wildman–Crippen LogP) is 0.828. The lowest BCUT2D eigenvalue weighted by Gasteiger charge is -2.16. The van der Waals surface area contributed by atoms with Crippen LogP contribution in [0, 0.1) is 0 Å². The van der Waals surface area contributed by atoms with Gasteiger partial charge in [0.2, 0.25) is 0 Å². The molecular weight excluding hydrogens is 272 g/mol. The van der Waals surface area contributed by atoms with Gasteiger partial charge in [0.05, 0.1) is 13.2 Å². The van der Waals surface area contributed by atoms with E-state index in [9.17, 15) is 4.79 Å². The van der Waals surface area contributed by atoms with Crippen LogP contribution in [-0.2, 0) is 16.1 Å². The average molecular weight is 294 g/mol. The minimum Gasteiger partial charge on any atom is -0.493 e. The van der Waals surface area contributed by atoms with Gasteiger partial charge in [-0.2, -0.15) is 0 Å². The van der Waals surface area contributed by atoms with Crippen LogP contribution >= 0.6 is 0 Å². The van der Waals surface area contributed by atoms with Crippen LogP contribution < -0.4 is 20.5 Å². The fourth-order valence-electron chi connectivity index (χ4n) is 2.34. The Hall–Kier alpha value is -1.79. The highest BCUT2D eigenvalue weighted by atomic mass is 16.5. The molecule has 1 heterocycles. The number of methoxy groups -OCH3 is 1. The molecule has 1 saturated heterocycles. The first kappa shape index (κ1) is 15.6. The first-order valence-electron chi connectivity index (χ1n) is 7.10. The van der Waals surface area contributed by atoms with Crippen molar-refractivity contribution in [3.05, 3.63) is 23.8 Å². The standard InChI is InChI=1S/C15H22N2O4/c1-19-13-6-2-4-11(15(13)21-10-14(16)18)8-17-9-12-5-3-7-20-12/h2,4,6,12,17H,3,5,7-10H2,1H3,(H2,16,18)/t12-/m0/s1. The second-order valence-electron chi connectivity index (χ2n) is 4.97. The quantitative estimate of drug-likeness (QED) is 0.742. The minimum absolute atomic E-state index is 0.168. The van der Waals surface area contributed by atoms with Crippen LogP contribution in [0.1, 0.15) is 18.4 Å². The Balaban J connectivity index is 1.97. The molecule has 0 aromatic heterocycles. The maximum absolute atomic E-state index is 10.9. The van der Waals surface area contributed by atoms with E-state index in [1.807, 2.05) is 12.1 Å². The van der Waals surface area contributed by atoms with Gasteiger partial charge in [0, 0.05) is 25.3 Å². The summed E-state index contributed by atoms with van der Waals surface area (Å²) in [6, 6.07) is 5.61. The maximum atomic E-state index is 10.9. The predicted molar refractivity (Wildman–Crippen MR) is 78.4 cm³/mol. The number of ether oxygens (including phenoxy) is 3.